The van der Waals surface area contributed by atoms with Gasteiger partial charge in [-0.05, 0) is 0 Å². The number of allylic oxidation sites excluding steroid dienone is 1. The van der Waals surface area contributed by atoms with Crippen molar-refractivity contribution < 1.29 is 79.0 Å². The molecule has 0 saturated heterocycles. The summed E-state index contributed by atoms with van der Waals surface area (Å²) >= 11 is 0. The number of aliphatic carboxylic acids is 1. The second-order valence-corrected chi connectivity index (χ2v) is 2.60. The number of halogens is 9. The van der Waals surface area contributed by atoms with E-state index >= 15 is 0 Å². The van der Waals surface area contributed by atoms with Crippen molar-refractivity contribution >= 4 is 5.97 Å². The quantitative estimate of drug-likeness (QED) is 0.589. The largest absolute Gasteiger partial charge is 1.00 e. The van der Waals surface area contributed by atoms with Crippen LogP contribution in [0.3, 0.4) is 0 Å². The van der Waals surface area contributed by atoms with Crippen molar-refractivity contribution in [1.82, 2.24) is 0 Å². The maximum absolute atomic E-state index is 12.4. The van der Waals surface area contributed by atoms with Gasteiger partial charge in [0.05, 0.1) is 0 Å². The summed E-state index contributed by atoms with van der Waals surface area (Å²) in [6, 6.07) is 0. The fourth-order valence-electron chi connectivity index (χ4n) is 0.588. The third-order valence-corrected chi connectivity index (χ3v) is 1.50. The van der Waals surface area contributed by atoms with Gasteiger partial charge in [0.2, 0.25) is 5.83 Å². The van der Waals surface area contributed by atoms with Crippen LogP contribution in [0.2, 0.25) is 0 Å². The third kappa shape index (κ3) is 2.94. The fourth-order valence-corrected chi connectivity index (χ4v) is 0.588. The van der Waals surface area contributed by atoms with Crippen molar-refractivity contribution in [3.8, 4) is 0 Å². The van der Waals surface area contributed by atoms with Gasteiger partial charge < -0.3 is 5.11 Å². The molecule has 0 aliphatic heterocycles. The molecule has 0 aromatic heterocycles. The van der Waals surface area contributed by atoms with E-state index in [2.05, 4.69) is 0 Å². The van der Waals surface area contributed by atoms with Crippen molar-refractivity contribution in [2.45, 2.75) is 17.8 Å². The molecule has 0 heterocycles. The Balaban J connectivity index is 0. The summed E-state index contributed by atoms with van der Waals surface area (Å²) in [6.45, 7) is 0. The molecule has 2 nitrogen and oxygen atoms in total. The summed E-state index contributed by atoms with van der Waals surface area (Å²) in [5.41, 5.74) is 0. The average Bonchev–Trinajstić information content (AvgIpc) is 2.15. The first kappa shape index (κ1) is 19.9. The Labute approximate surface area is 115 Å². The topological polar surface area (TPSA) is 37.3 Å². The third-order valence-electron chi connectivity index (χ3n) is 1.50. The molecular formula is C6HF9NaO2+. The van der Waals surface area contributed by atoms with Gasteiger partial charge in [0.25, 0.3) is 0 Å². The number of carbonyl (C=O) groups is 1. The van der Waals surface area contributed by atoms with Crippen LogP contribution in [-0.2, 0) is 4.79 Å². The smallest absolute Gasteiger partial charge is 0.477 e. The zero-order chi connectivity index (χ0) is 14.2. The minimum atomic E-state index is -6.86. The number of hydrogen-bond donors (Lipinski definition) is 1. The van der Waals surface area contributed by atoms with E-state index in [0.717, 1.165) is 0 Å². The van der Waals surface area contributed by atoms with E-state index in [0.29, 0.717) is 0 Å². The van der Waals surface area contributed by atoms with Crippen LogP contribution >= 0.6 is 0 Å². The van der Waals surface area contributed by atoms with E-state index in [-0.39, 0.29) is 29.6 Å². The molecule has 100 valence electrons. The number of carboxylic acid groups (broad SMARTS) is 1. The molecule has 0 saturated carbocycles. The van der Waals surface area contributed by atoms with E-state index in [9.17, 15) is 44.3 Å². The van der Waals surface area contributed by atoms with Crippen LogP contribution in [0.1, 0.15) is 0 Å². The normalized spacial score (nSPS) is 12.7. The second kappa shape index (κ2) is 5.70. The Morgan fingerprint density at radius 1 is 0.833 bits per heavy atom. The molecule has 0 rings (SSSR count). The number of carboxylic acids is 1. The molecular weight excluding hydrogens is 298 g/mol. The van der Waals surface area contributed by atoms with Gasteiger partial charge in [-0.3, -0.25) is 0 Å². The predicted octanol–water partition coefficient (Wildman–Crippen LogP) is 0.0585. The first-order valence-electron chi connectivity index (χ1n) is 3.38. The maximum Gasteiger partial charge on any atom is 1.00 e. The fraction of sp³-hybridized carbons (Fsp3) is 0.500. The zero-order valence-corrected chi connectivity index (χ0v) is 10.3. The molecule has 0 aromatic carbocycles. The molecule has 0 fully saturated rings. The Hall–Kier alpha value is -0.420. The SMILES string of the molecule is O=C(O)C(F)(F)C(F)(F)C(F)(F)C(F)=C(F)F.[Na+]. The summed E-state index contributed by atoms with van der Waals surface area (Å²) in [6.07, 6.45) is -3.96. The first-order valence-corrected chi connectivity index (χ1v) is 3.38. The molecule has 0 amide bonds. The van der Waals surface area contributed by atoms with Gasteiger partial charge in [-0.25, -0.2) is 4.79 Å². The Morgan fingerprint density at radius 3 is 1.39 bits per heavy atom. The van der Waals surface area contributed by atoms with Crippen LogP contribution in [-0.4, -0.2) is 28.8 Å². The van der Waals surface area contributed by atoms with Crippen LogP contribution < -0.4 is 29.6 Å². The molecule has 0 aliphatic rings. The van der Waals surface area contributed by atoms with Crippen LogP contribution in [0.5, 0.6) is 0 Å². The van der Waals surface area contributed by atoms with Crippen LogP contribution in [0, 0.1) is 0 Å². The minimum Gasteiger partial charge on any atom is -0.477 e. The van der Waals surface area contributed by atoms with E-state index < -0.39 is 35.6 Å². The van der Waals surface area contributed by atoms with Crippen molar-refractivity contribution in [1.29, 1.82) is 0 Å². The summed E-state index contributed by atoms with van der Waals surface area (Å²) in [4.78, 5) is 9.62. The maximum atomic E-state index is 12.4. The molecule has 0 unspecified atom stereocenters. The molecule has 0 radical (unpaired) electrons. The van der Waals surface area contributed by atoms with Gasteiger partial charge in [0.1, 0.15) is 0 Å². The van der Waals surface area contributed by atoms with Crippen LogP contribution in [0.15, 0.2) is 11.9 Å². The van der Waals surface area contributed by atoms with Gasteiger partial charge >= 0.3 is 59.4 Å². The average molecular weight is 299 g/mol. The van der Waals surface area contributed by atoms with Gasteiger partial charge in [0, 0.05) is 0 Å². The standard InChI is InChI=1S/C6HF9O2.Na/c7-1(2(8)9)4(10,11)6(14,15)5(12,13)3(16)17;/h(H,16,17);/q;+1. The first-order chi connectivity index (χ1) is 7.30. The molecule has 0 atom stereocenters. The predicted molar refractivity (Wildman–Crippen MR) is 32.8 cm³/mol. The molecule has 0 aromatic rings. The Kier molecular flexibility index (Phi) is 6.30. The van der Waals surface area contributed by atoms with Crippen molar-refractivity contribution in [2.75, 3.05) is 0 Å². The monoisotopic (exact) mass is 299 g/mol. The summed E-state index contributed by atoms with van der Waals surface area (Å²) in [5, 5.41) is 7.57. The number of rotatable bonds is 4. The van der Waals surface area contributed by atoms with Gasteiger partial charge in [-0.1, -0.05) is 0 Å². The molecule has 0 aliphatic carbocycles. The second-order valence-electron chi connectivity index (χ2n) is 2.60. The van der Waals surface area contributed by atoms with Gasteiger partial charge in [-0.15, -0.1) is 0 Å². The minimum absolute atomic E-state index is 0. The summed E-state index contributed by atoms with van der Waals surface area (Å²) in [5.74, 6) is -27.8. The van der Waals surface area contributed by atoms with E-state index in [1.807, 2.05) is 0 Å². The Bertz CT molecular complexity index is 360. The van der Waals surface area contributed by atoms with Crippen molar-refractivity contribution in [3.63, 3.8) is 0 Å². The van der Waals surface area contributed by atoms with Crippen molar-refractivity contribution in [3.05, 3.63) is 11.9 Å². The van der Waals surface area contributed by atoms with Gasteiger partial charge in [0.15, 0.2) is 0 Å². The van der Waals surface area contributed by atoms with Crippen molar-refractivity contribution in [2.24, 2.45) is 0 Å². The van der Waals surface area contributed by atoms with Crippen LogP contribution in [0.25, 0.3) is 0 Å². The van der Waals surface area contributed by atoms with Gasteiger partial charge in [-0.2, -0.15) is 39.5 Å². The number of alkyl halides is 6. The van der Waals surface area contributed by atoms with E-state index in [1.165, 1.54) is 0 Å². The molecule has 1 N–H and O–H groups in total. The Morgan fingerprint density at radius 2 is 1.17 bits per heavy atom. The molecule has 0 bridgehead atoms. The number of hydrogen-bond acceptors (Lipinski definition) is 1. The zero-order valence-electron chi connectivity index (χ0n) is 8.26. The van der Waals surface area contributed by atoms with Crippen LogP contribution in [0.4, 0.5) is 39.5 Å². The molecule has 18 heavy (non-hydrogen) atoms. The molecule has 0 spiro atoms. The van der Waals surface area contributed by atoms with E-state index in [1.54, 1.807) is 0 Å². The molecule has 12 heteroatoms. The van der Waals surface area contributed by atoms with E-state index in [4.69, 9.17) is 5.11 Å². The summed E-state index contributed by atoms with van der Waals surface area (Å²) < 4.78 is 108. The summed E-state index contributed by atoms with van der Waals surface area (Å²) in [7, 11) is 0.